The van der Waals surface area contributed by atoms with Crippen LogP contribution in [0.2, 0.25) is 0 Å². The highest BCUT2D eigenvalue weighted by Gasteiger charge is 2.38. The maximum Gasteiger partial charge on any atom is 0.245 e. The molecule has 0 aromatic rings. The largest absolute Gasteiger partial charge is 0.340 e. The van der Waals surface area contributed by atoms with Crippen molar-refractivity contribution in [3.63, 3.8) is 0 Å². The topological polar surface area (TPSA) is 40.6 Å². The fourth-order valence-electron chi connectivity index (χ4n) is 3.70. The molecule has 0 aromatic carbocycles. The van der Waals surface area contributed by atoms with E-state index in [-0.39, 0.29) is 17.9 Å². The second kappa shape index (κ2) is 5.98. The Morgan fingerprint density at radius 1 is 1.10 bits per heavy atom. The van der Waals surface area contributed by atoms with Gasteiger partial charge in [0.1, 0.15) is 6.04 Å². The van der Waals surface area contributed by atoms with Gasteiger partial charge in [-0.1, -0.05) is 12.2 Å². The van der Waals surface area contributed by atoms with Gasteiger partial charge in [-0.05, 0) is 44.4 Å². The molecule has 2 fully saturated rings. The smallest absolute Gasteiger partial charge is 0.245 e. The van der Waals surface area contributed by atoms with Gasteiger partial charge in [0.05, 0.1) is 0 Å². The Hall–Kier alpha value is -1.32. The van der Waals surface area contributed by atoms with Gasteiger partial charge in [0, 0.05) is 26.1 Å². The lowest BCUT2D eigenvalue weighted by atomic mass is 9.93. The van der Waals surface area contributed by atoms with Crippen LogP contribution in [0.25, 0.3) is 0 Å². The standard InChI is InChI=1S/C16H24N2O2/c19-15-9-11-17(12-13-6-2-1-3-7-13)16(20)14-8-4-5-10-18(14)15/h1-2,13-14H,3-12H2. The third-order valence-electron chi connectivity index (χ3n) is 4.87. The molecule has 2 saturated heterocycles. The number of carbonyl (C=O) groups is 2. The van der Waals surface area contributed by atoms with Crippen molar-refractivity contribution in [2.75, 3.05) is 19.6 Å². The van der Waals surface area contributed by atoms with Crippen molar-refractivity contribution in [3.8, 4) is 0 Å². The SMILES string of the molecule is O=C1C2CCCCN2C(=O)CCN1CC1CC=CCC1. The molecule has 0 spiro atoms. The van der Waals surface area contributed by atoms with E-state index in [1.165, 1.54) is 6.42 Å². The lowest BCUT2D eigenvalue weighted by Gasteiger charge is -2.35. The molecule has 1 aliphatic carbocycles. The third kappa shape index (κ3) is 2.74. The molecule has 2 unspecified atom stereocenters. The van der Waals surface area contributed by atoms with Gasteiger partial charge in [-0.2, -0.15) is 0 Å². The monoisotopic (exact) mass is 276 g/mol. The van der Waals surface area contributed by atoms with Crippen LogP contribution in [0.1, 0.15) is 44.9 Å². The molecule has 2 heterocycles. The van der Waals surface area contributed by atoms with Crippen LogP contribution in [0.5, 0.6) is 0 Å². The summed E-state index contributed by atoms with van der Waals surface area (Å²) in [5.74, 6) is 0.952. The van der Waals surface area contributed by atoms with Crippen molar-refractivity contribution in [1.82, 2.24) is 9.80 Å². The van der Waals surface area contributed by atoms with Gasteiger partial charge in [0.25, 0.3) is 0 Å². The molecular weight excluding hydrogens is 252 g/mol. The zero-order chi connectivity index (χ0) is 13.9. The van der Waals surface area contributed by atoms with Gasteiger partial charge in [-0.15, -0.1) is 0 Å². The average molecular weight is 276 g/mol. The molecular formula is C16H24N2O2. The summed E-state index contributed by atoms with van der Waals surface area (Å²) in [6, 6.07) is -0.169. The molecule has 0 aromatic heterocycles. The van der Waals surface area contributed by atoms with E-state index in [0.717, 1.165) is 45.2 Å². The second-order valence-corrected chi connectivity index (χ2v) is 6.28. The van der Waals surface area contributed by atoms with Crippen LogP contribution in [0, 0.1) is 5.92 Å². The molecule has 2 atom stereocenters. The quantitative estimate of drug-likeness (QED) is 0.723. The number of amides is 2. The van der Waals surface area contributed by atoms with E-state index in [4.69, 9.17) is 0 Å². The second-order valence-electron chi connectivity index (χ2n) is 6.28. The molecule has 3 aliphatic rings. The maximum absolute atomic E-state index is 12.7. The lowest BCUT2D eigenvalue weighted by molar-refractivity contribution is -0.143. The van der Waals surface area contributed by atoms with Crippen LogP contribution in [0.15, 0.2) is 12.2 Å². The number of rotatable bonds is 2. The Bertz CT molecular complexity index is 419. The van der Waals surface area contributed by atoms with Crippen LogP contribution in [-0.2, 0) is 9.59 Å². The van der Waals surface area contributed by atoms with Gasteiger partial charge in [0.2, 0.25) is 11.8 Å². The van der Waals surface area contributed by atoms with Crippen molar-refractivity contribution < 1.29 is 9.59 Å². The molecule has 3 rings (SSSR count). The zero-order valence-corrected chi connectivity index (χ0v) is 12.1. The summed E-state index contributed by atoms with van der Waals surface area (Å²) in [6.45, 7) is 2.22. The van der Waals surface area contributed by atoms with Crippen LogP contribution in [-0.4, -0.2) is 47.3 Å². The first-order valence-corrected chi connectivity index (χ1v) is 7.99. The summed E-state index contributed by atoms with van der Waals surface area (Å²) in [5, 5.41) is 0. The number of hydrogen-bond donors (Lipinski definition) is 0. The molecule has 2 aliphatic heterocycles. The molecule has 0 bridgehead atoms. The molecule has 0 radical (unpaired) electrons. The third-order valence-corrected chi connectivity index (χ3v) is 4.87. The predicted molar refractivity (Wildman–Crippen MR) is 77.0 cm³/mol. The Kier molecular flexibility index (Phi) is 4.08. The summed E-state index contributed by atoms with van der Waals surface area (Å²) in [6.07, 6.45) is 11.3. The van der Waals surface area contributed by atoms with Gasteiger partial charge in [0.15, 0.2) is 0 Å². The average Bonchev–Trinajstić information content (AvgIpc) is 2.61. The highest BCUT2D eigenvalue weighted by molar-refractivity contribution is 5.90. The fourth-order valence-corrected chi connectivity index (χ4v) is 3.70. The van der Waals surface area contributed by atoms with E-state index in [0.29, 0.717) is 18.9 Å². The molecule has 20 heavy (non-hydrogen) atoms. The number of allylic oxidation sites excluding steroid dienone is 2. The van der Waals surface area contributed by atoms with Crippen LogP contribution in [0.4, 0.5) is 0 Å². The predicted octanol–water partition coefficient (Wildman–Crippen LogP) is 1.96. The summed E-state index contributed by atoms with van der Waals surface area (Å²) >= 11 is 0. The number of nitrogens with zero attached hydrogens (tertiary/aromatic N) is 2. The lowest BCUT2D eigenvalue weighted by Crippen LogP contribution is -2.50. The highest BCUT2D eigenvalue weighted by Crippen LogP contribution is 2.25. The molecule has 2 amide bonds. The van der Waals surface area contributed by atoms with Gasteiger partial charge in [-0.3, -0.25) is 9.59 Å². The Morgan fingerprint density at radius 2 is 2.00 bits per heavy atom. The van der Waals surface area contributed by atoms with Gasteiger partial charge >= 0.3 is 0 Å². The summed E-state index contributed by atoms with van der Waals surface area (Å²) in [4.78, 5) is 28.7. The Labute approximate surface area is 120 Å². The van der Waals surface area contributed by atoms with E-state index in [1.54, 1.807) is 0 Å². The van der Waals surface area contributed by atoms with Crippen molar-refractivity contribution in [1.29, 1.82) is 0 Å². The highest BCUT2D eigenvalue weighted by atomic mass is 16.2. The molecule has 110 valence electrons. The molecule has 4 heteroatoms. The molecule has 0 N–H and O–H groups in total. The first kappa shape index (κ1) is 13.7. The number of carbonyl (C=O) groups excluding carboxylic acids is 2. The van der Waals surface area contributed by atoms with Crippen LogP contribution in [0.3, 0.4) is 0 Å². The van der Waals surface area contributed by atoms with Crippen molar-refractivity contribution >= 4 is 11.8 Å². The van der Waals surface area contributed by atoms with E-state index >= 15 is 0 Å². The van der Waals surface area contributed by atoms with E-state index in [9.17, 15) is 9.59 Å². The van der Waals surface area contributed by atoms with Crippen LogP contribution >= 0.6 is 0 Å². The molecule has 4 nitrogen and oxygen atoms in total. The fraction of sp³-hybridized carbons (Fsp3) is 0.750. The zero-order valence-electron chi connectivity index (χ0n) is 12.1. The van der Waals surface area contributed by atoms with Crippen LogP contribution < -0.4 is 0 Å². The molecule has 0 saturated carbocycles. The minimum Gasteiger partial charge on any atom is -0.340 e. The Balaban J connectivity index is 1.69. The Morgan fingerprint density at radius 3 is 2.80 bits per heavy atom. The summed E-state index contributed by atoms with van der Waals surface area (Å²) in [5.41, 5.74) is 0. The van der Waals surface area contributed by atoms with Crippen molar-refractivity contribution in [2.24, 2.45) is 5.92 Å². The maximum atomic E-state index is 12.7. The van der Waals surface area contributed by atoms with Gasteiger partial charge in [-0.25, -0.2) is 0 Å². The van der Waals surface area contributed by atoms with Gasteiger partial charge < -0.3 is 9.80 Å². The number of hydrogen-bond acceptors (Lipinski definition) is 2. The minimum atomic E-state index is -0.169. The van der Waals surface area contributed by atoms with E-state index in [1.807, 2.05) is 9.80 Å². The van der Waals surface area contributed by atoms with E-state index in [2.05, 4.69) is 12.2 Å². The van der Waals surface area contributed by atoms with Crippen molar-refractivity contribution in [2.45, 2.75) is 51.0 Å². The normalized spacial score (nSPS) is 31.2. The minimum absolute atomic E-state index is 0.169. The summed E-state index contributed by atoms with van der Waals surface area (Å²) in [7, 11) is 0. The van der Waals surface area contributed by atoms with E-state index < -0.39 is 0 Å². The number of fused-ring (bicyclic) bond motifs is 1. The first-order chi connectivity index (χ1) is 9.75. The first-order valence-electron chi connectivity index (χ1n) is 7.99. The number of piperidine rings is 1. The van der Waals surface area contributed by atoms with Crippen molar-refractivity contribution in [3.05, 3.63) is 12.2 Å². The summed E-state index contributed by atoms with van der Waals surface area (Å²) < 4.78 is 0.